The second-order valence-electron chi connectivity index (χ2n) is 4.82. The number of carbonyl (C=O) groups is 1. The van der Waals surface area contributed by atoms with E-state index < -0.39 is 0 Å². The van der Waals surface area contributed by atoms with Crippen molar-refractivity contribution in [3.63, 3.8) is 0 Å². The lowest BCUT2D eigenvalue weighted by atomic mass is 9.95. The summed E-state index contributed by atoms with van der Waals surface area (Å²) in [6, 6.07) is 0.517. The summed E-state index contributed by atoms with van der Waals surface area (Å²) in [6.07, 6.45) is 5.59. The van der Waals surface area contributed by atoms with E-state index in [1.54, 1.807) is 0 Å². The number of nitrogens with one attached hydrogen (secondary N) is 1. The van der Waals surface area contributed by atoms with Crippen molar-refractivity contribution in [1.29, 1.82) is 0 Å². The molecule has 0 aromatic rings. The second kappa shape index (κ2) is 4.30. The molecule has 0 radical (unpaired) electrons. The maximum Gasteiger partial charge on any atom is 0.220 e. The molecule has 0 spiro atoms. The Morgan fingerprint density at radius 3 is 2.86 bits per heavy atom. The lowest BCUT2D eigenvalue weighted by molar-refractivity contribution is -0.122. The molecule has 80 valence electrons. The third kappa shape index (κ3) is 2.98. The summed E-state index contributed by atoms with van der Waals surface area (Å²) in [5, 5.41) is 3.06. The van der Waals surface area contributed by atoms with E-state index in [0.29, 0.717) is 12.0 Å². The molecule has 1 unspecified atom stereocenters. The highest BCUT2D eigenvalue weighted by atomic mass is 16.1. The molecule has 1 aliphatic heterocycles. The molecule has 14 heavy (non-hydrogen) atoms. The monoisotopic (exact) mass is 196 g/mol. The van der Waals surface area contributed by atoms with Gasteiger partial charge in [0.2, 0.25) is 5.91 Å². The maximum atomic E-state index is 11.5. The zero-order valence-electron chi connectivity index (χ0n) is 8.96. The summed E-state index contributed by atoms with van der Waals surface area (Å²) in [6.45, 7) is 2.29. The van der Waals surface area contributed by atoms with E-state index in [9.17, 15) is 4.79 Å². The molecule has 1 amide bonds. The quantitative estimate of drug-likeness (QED) is 0.730. The number of likely N-dealkylation sites (tertiary alicyclic amines) is 1. The van der Waals surface area contributed by atoms with E-state index in [-0.39, 0.29) is 5.91 Å². The van der Waals surface area contributed by atoms with E-state index in [2.05, 4.69) is 17.3 Å². The molecular formula is C11H20N2O. The van der Waals surface area contributed by atoms with Gasteiger partial charge >= 0.3 is 0 Å². The van der Waals surface area contributed by atoms with Gasteiger partial charge in [-0.3, -0.25) is 4.79 Å². The molecular weight excluding hydrogens is 176 g/mol. The van der Waals surface area contributed by atoms with Crippen LogP contribution in [0.15, 0.2) is 0 Å². The molecule has 1 aliphatic carbocycles. The number of carbonyl (C=O) groups excluding carboxylic acids is 1. The fraction of sp³-hybridized carbons (Fsp3) is 0.909. The van der Waals surface area contributed by atoms with Gasteiger partial charge in [-0.05, 0) is 45.2 Å². The van der Waals surface area contributed by atoms with Crippen LogP contribution >= 0.6 is 0 Å². The van der Waals surface area contributed by atoms with Crippen LogP contribution in [0, 0.1) is 5.92 Å². The van der Waals surface area contributed by atoms with Gasteiger partial charge in [-0.25, -0.2) is 0 Å². The Morgan fingerprint density at radius 1 is 1.43 bits per heavy atom. The summed E-state index contributed by atoms with van der Waals surface area (Å²) in [5.41, 5.74) is 0. The summed E-state index contributed by atoms with van der Waals surface area (Å²) in [7, 11) is 2.14. The third-order valence-corrected chi connectivity index (χ3v) is 3.14. The molecule has 0 aromatic carbocycles. The fourth-order valence-electron chi connectivity index (χ4n) is 2.22. The predicted molar refractivity (Wildman–Crippen MR) is 56.0 cm³/mol. The van der Waals surface area contributed by atoms with Crippen molar-refractivity contribution >= 4 is 5.91 Å². The van der Waals surface area contributed by atoms with Gasteiger partial charge in [-0.2, -0.15) is 0 Å². The van der Waals surface area contributed by atoms with Crippen LogP contribution in [0.2, 0.25) is 0 Å². The molecule has 1 saturated heterocycles. The molecule has 2 fully saturated rings. The first-order chi connectivity index (χ1) is 6.74. The predicted octanol–water partition coefficient (Wildman–Crippen LogP) is 0.997. The normalized spacial score (nSPS) is 28.8. The summed E-state index contributed by atoms with van der Waals surface area (Å²) >= 11 is 0. The molecule has 0 bridgehead atoms. The Labute approximate surface area is 85.8 Å². The van der Waals surface area contributed by atoms with Gasteiger partial charge in [0.05, 0.1) is 0 Å². The minimum atomic E-state index is 0.271. The van der Waals surface area contributed by atoms with E-state index in [1.807, 2.05) is 0 Å². The summed E-state index contributed by atoms with van der Waals surface area (Å²) < 4.78 is 0. The Kier molecular flexibility index (Phi) is 3.06. The van der Waals surface area contributed by atoms with Gasteiger partial charge in [0.15, 0.2) is 0 Å². The number of piperidine rings is 1. The van der Waals surface area contributed by atoms with E-state index in [1.165, 1.54) is 32.2 Å². The van der Waals surface area contributed by atoms with Crippen molar-refractivity contribution in [2.24, 2.45) is 5.92 Å². The smallest absolute Gasteiger partial charge is 0.220 e. The standard InChI is InChI=1S/C11H20N2O/c1-13-6-2-3-9(8-13)7-11(14)12-10-4-5-10/h9-10H,2-8H2,1H3,(H,12,14). The van der Waals surface area contributed by atoms with Crippen molar-refractivity contribution in [2.75, 3.05) is 20.1 Å². The first-order valence-corrected chi connectivity index (χ1v) is 5.72. The van der Waals surface area contributed by atoms with Gasteiger partial charge < -0.3 is 10.2 Å². The Bertz CT molecular complexity index is 213. The molecule has 2 aliphatic rings. The number of nitrogens with zero attached hydrogens (tertiary/aromatic N) is 1. The van der Waals surface area contributed by atoms with Gasteiger partial charge in [0, 0.05) is 19.0 Å². The van der Waals surface area contributed by atoms with Crippen molar-refractivity contribution in [1.82, 2.24) is 10.2 Å². The van der Waals surface area contributed by atoms with Gasteiger partial charge in [-0.15, -0.1) is 0 Å². The second-order valence-corrected chi connectivity index (χ2v) is 4.82. The van der Waals surface area contributed by atoms with Crippen LogP contribution in [0.25, 0.3) is 0 Å². The van der Waals surface area contributed by atoms with Gasteiger partial charge in [-0.1, -0.05) is 0 Å². The minimum absolute atomic E-state index is 0.271. The molecule has 0 aromatic heterocycles. The Hall–Kier alpha value is -0.570. The number of rotatable bonds is 3. The Morgan fingerprint density at radius 2 is 2.21 bits per heavy atom. The molecule has 1 atom stereocenters. The lowest BCUT2D eigenvalue weighted by Gasteiger charge is -2.29. The van der Waals surface area contributed by atoms with Gasteiger partial charge in [0.1, 0.15) is 0 Å². The number of amides is 1. The van der Waals surface area contributed by atoms with Crippen molar-refractivity contribution < 1.29 is 4.79 Å². The number of hydrogen-bond donors (Lipinski definition) is 1. The van der Waals surface area contributed by atoms with Crippen LogP contribution in [-0.2, 0) is 4.79 Å². The molecule has 3 nitrogen and oxygen atoms in total. The first kappa shape index (κ1) is 9.97. The van der Waals surface area contributed by atoms with Gasteiger partial charge in [0.25, 0.3) is 0 Å². The van der Waals surface area contributed by atoms with Crippen molar-refractivity contribution in [3.8, 4) is 0 Å². The SMILES string of the molecule is CN1CCCC(CC(=O)NC2CC2)C1. The van der Waals surface area contributed by atoms with E-state index in [0.717, 1.165) is 13.0 Å². The zero-order chi connectivity index (χ0) is 9.97. The number of hydrogen-bond acceptors (Lipinski definition) is 2. The van der Waals surface area contributed by atoms with Crippen LogP contribution < -0.4 is 5.32 Å². The topological polar surface area (TPSA) is 32.3 Å². The molecule has 3 heteroatoms. The summed E-state index contributed by atoms with van der Waals surface area (Å²) in [5.74, 6) is 0.861. The van der Waals surface area contributed by atoms with Crippen LogP contribution in [0.3, 0.4) is 0 Å². The van der Waals surface area contributed by atoms with Crippen LogP contribution in [0.5, 0.6) is 0 Å². The largest absolute Gasteiger partial charge is 0.353 e. The van der Waals surface area contributed by atoms with Crippen LogP contribution in [0.4, 0.5) is 0 Å². The molecule has 1 N–H and O–H groups in total. The molecule has 2 rings (SSSR count). The summed E-state index contributed by atoms with van der Waals surface area (Å²) in [4.78, 5) is 13.9. The van der Waals surface area contributed by atoms with Crippen molar-refractivity contribution in [3.05, 3.63) is 0 Å². The van der Waals surface area contributed by atoms with Crippen LogP contribution in [-0.4, -0.2) is 37.0 Å². The zero-order valence-corrected chi connectivity index (χ0v) is 8.96. The average Bonchev–Trinajstić information content (AvgIpc) is 2.87. The highest BCUT2D eigenvalue weighted by Gasteiger charge is 2.25. The van der Waals surface area contributed by atoms with Crippen LogP contribution in [0.1, 0.15) is 32.1 Å². The fourth-order valence-corrected chi connectivity index (χ4v) is 2.22. The third-order valence-electron chi connectivity index (χ3n) is 3.14. The first-order valence-electron chi connectivity index (χ1n) is 5.72. The molecule has 1 saturated carbocycles. The van der Waals surface area contributed by atoms with Crippen molar-refractivity contribution in [2.45, 2.75) is 38.1 Å². The van der Waals surface area contributed by atoms with E-state index in [4.69, 9.17) is 0 Å². The Balaban J connectivity index is 1.69. The highest BCUT2D eigenvalue weighted by molar-refractivity contribution is 5.76. The maximum absolute atomic E-state index is 11.5. The highest BCUT2D eigenvalue weighted by Crippen LogP contribution is 2.21. The van der Waals surface area contributed by atoms with E-state index >= 15 is 0 Å². The molecule has 1 heterocycles. The average molecular weight is 196 g/mol. The minimum Gasteiger partial charge on any atom is -0.353 e. The lowest BCUT2D eigenvalue weighted by Crippen LogP contribution is -2.36.